The lowest BCUT2D eigenvalue weighted by atomic mass is 10.2. The van der Waals surface area contributed by atoms with E-state index in [0.29, 0.717) is 16.5 Å². The summed E-state index contributed by atoms with van der Waals surface area (Å²) < 4.78 is 14.7. The molecule has 6 nitrogen and oxygen atoms in total. The van der Waals surface area contributed by atoms with Crippen molar-refractivity contribution in [2.75, 3.05) is 6.61 Å². The fourth-order valence-corrected chi connectivity index (χ4v) is 1.80. The molecule has 0 aliphatic rings. The molecular formula is C12H17NO5S. The molecule has 0 fully saturated rings. The summed E-state index contributed by atoms with van der Waals surface area (Å²) in [5, 5.41) is 0.508. The van der Waals surface area contributed by atoms with Gasteiger partial charge in [0.05, 0.1) is 12.8 Å². The number of ether oxygens (including phenoxy) is 3. The van der Waals surface area contributed by atoms with Crippen LogP contribution in [0.5, 0.6) is 0 Å². The van der Waals surface area contributed by atoms with E-state index in [0.717, 1.165) is 11.3 Å². The van der Waals surface area contributed by atoms with Crippen LogP contribution in [0.4, 0.5) is 4.79 Å². The van der Waals surface area contributed by atoms with Crippen molar-refractivity contribution in [3.05, 3.63) is 16.1 Å². The maximum Gasteiger partial charge on any atom is 0.509 e. The van der Waals surface area contributed by atoms with Gasteiger partial charge in [0.2, 0.25) is 0 Å². The van der Waals surface area contributed by atoms with Crippen LogP contribution in [0.15, 0.2) is 6.20 Å². The third-order valence-corrected chi connectivity index (χ3v) is 2.68. The number of hydrogen-bond acceptors (Lipinski definition) is 7. The Balaban J connectivity index is 2.46. The molecule has 0 aromatic carbocycles. The van der Waals surface area contributed by atoms with Crippen molar-refractivity contribution in [3.8, 4) is 0 Å². The van der Waals surface area contributed by atoms with E-state index in [1.165, 1.54) is 6.20 Å². The average molecular weight is 287 g/mol. The zero-order valence-corrected chi connectivity index (χ0v) is 12.2. The predicted octanol–water partition coefficient (Wildman–Crippen LogP) is 2.77. The Morgan fingerprint density at radius 1 is 1.32 bits per heavy atom. The van der Waals surface area contributed by atoms with Crippen molar-refractivity contribution in [3.63, 3.8) is 0 Å². The fourth-order valence-electron chi connectivity index (χ4n) is 1.07. The van der Waals surface area contributed by atoms with Gasteiger partial charge in [0.25, 0.3) is 0 Å². The standard InChI is InChI=1S/C12H17NO5S/c1-5-16-10(14)8-6-13-9(19-8)7-17-11(15)18-12(2,3)4/h6H,5,7H2,1-4H3. The Morgan fingerprint density at radius 2 is 2.00 bits per heavy atom. The second-order valence-electron chi connectivity index (χ2n) is 4.59. The molecule has 1 aromatic rings. The SMILES string of the molecule is CCOC(=O)c1cnc(COC(=O)OC(C)(C)C)s1. The molecule has 0 saturated carbocycles. The summed E-state index contributed by atoms with van der Waals surface area (Å²) in [4.78, 5) is 27.1. The Hall–Kier alpha value is -1.63. The highest BCUT2D eigenvalue weighted by molar-refractivity contribution is 7.13. The maximum atomic E-state index is 11.4. The van der Waals surface area contributed by atoms with E-state index in [9.17, 15) is 9.59 Å². The van der Waals surface area contributed by atoms with Crippen molar-refractivity contribution in [2.45, 2.75) is 39.9 Å². The maximum absolute atomic E-state index is 11.4. The van der Waals surface area contributed by atoms with Crippen molar-refractivity contribution < 1.29 is 23.8 Å². The number of thiazole rings is 1. The summed E-state index contributed by atoms with van der Waals surface area (Å²) in [5.41, 5.74) is -0.601. The van der Waals surface area contributed by atoms with E-state index in [-0.39, 0.29) is 6.61 Å². The molecule has 0 amide bonds. The van der Waals surface area contributed by atoms with E-state index in [1.54, 1.807) is 27.7 Å². The van der Waals surface area contributed by atoms with Gasteiger partial charge in [-0.15, -0.1) is 11.3 Å². The van der Waals surface area contributed by atoms with Crippen molar-refractivity contribution >= 4 is 23.5 Å². The van der Waals surface area contributed by atoms with Crippen molar-refractivity contribution in [1.82, 2.24) is 4.98 Å². The van der Waals surface area contributed by atoms with Gasteiger partial charge in [-0.1, -0.05) is 0 Å². The number of hydrogen-bond donors (Lipinski definition) is 0. The van der Waals surface area contributed by atoms with E-state index < -0.39 is 17.7 Å². The Kier molecular flexibility index (Phi) is 5.29. The molecular weight excluding hydrogens is 270 g/mol. The molecule has 1 heterocycles. The van der Waals surface area contributed by atoms with Crippen LogP contribution in [-0.4, -0.2) is 29.3 Å². The van der Waals surface area contributed by atoms with E-state index in [2.05, 4.69) is 4.98 Å². The Bertz CT molecular complexity index is 449. The smallest absolute Gasteiger partial charge is 0.462 e. The Labute approximate surface area is 115 Å². The molecule has 0 spiro atoms. The first-order valence-electron chi connectivity index (χ1n) is 5.79. The zero-order chi connectivity index (χ0) is 14.5. The lowest BCUT2D eigenvalue weighted by Crippen LogP contribution is -2.24. The van der Waals surface area contributed by atoms with E-state index in [1.807, 2.05) is 0 Å². The topological polar surface area (TPSA) is 74.7 Å². The Morgan fingerprint density at radius 3 is 2.58 bits per heavy atom. The fraction of sp³-hybridized carbons (Fsp3) is 0.583. The van der Waals surface area contributed by atoms with Crippen molar-refractivity contribution in [1.29, 1.82) is 0 Å². The predicted molar refractivity (Wildman–Crippen MR) is 69.1 cm³/mol. The number of aromatic nitrogens is 1. The largest absolute Gasteiger partial charge is 0.509 e. The molecule has 106 valence electrons. The van der Waals surface area contributed by atoms with Gasteiger partial charge in [-0.2, -0.15) is 0 Å². The van der Waals surface area contributed by atoms with Crippen molar-refractivity contribution in [2.24, 2.45) is 0 Å². The number of carbonyl (C=O) groups excluding carboxylic acids is 2. The van der Waals surface area contributed by atoms with Gasteiger partial charge in [-0.3, -0.25) is 0 Å². The van der Waals surface area contributed by atoms with Gasteiger partial charge >= 0.3 is 12.1 Å². The van der Waals surface area contributed by atoms with Crippen LogP contribution in [0.1, 0.15) is 42.4 Å². The van der Waals surface area contributed by atoms with Gasteiger partial charge in [0.15, 0.2) is 0 Å². The molecule has 0 aliphatic heterocycles. The van der Waals surface area contributed by atoms with Crippen LogP contribution in [0.25, 0.3) is 0 Å². The van der Waals surface area contributed by atoms with Crippen LogP contribution >= 0.6 is 11.3 Å². The quantitative estimate of drug-likeness (QED) is 0.793. The zero-order valence-electron chi connectivity index (χ0n) is 11.4. The van der Waals surface area contributed by atoms with Gasteiger partial charge in [0.1, 0.15) is 22.1 Å². The molecule has 7 heteroatoms. The first-order valence-corrected chi connectivity index (χ1v) is 6.61. The van der Waals surface area contributed by atoms with Crippen LogP contribution in [0.2, 0.25) is 0 Å². The normalized spacial score (nSPS) is 10.9. The molecule has 1 rings (SSSR count). The van der Waals surface area contributed by atoms with Crippen LogP contribution in [0, 0.1) is 0 Å². The van der Waals surface area contributed by atoms with Gasteiger partial charge in [-0.25, -0.2) is 14.6 Å². The lowest BCUT2D eigenvalue weighted by molar-refractivity contribution is -0.0108. The van der Waals surface area contributed by atoms with E-state index in [4.69, 9.17) is 14.2 Å². The number of esters is 1. The van der Waals surface area contributed by atoms with Crippen LogP contribution < -0.4 is 0 Å². The molecule has 0 unspecified atom stereocenters. The first kappa shape index (κ1) is 15.4. The second kappa shape index (κ2) is 6.51. The minimum absolute atomic E-state index is 0.0288. The molecule has 0 radical (unpaired) electrons. The number of nitrogens with zero attached hydrogens (tertiary/aromatic N) is 1. The van der Waals surface area contributed by atoms with Gasteiger partial charge < -0.3 is 14.2 Å². The minimum Gasteiger partial charge on any atom is -0.462 e. The third-order valence-electron chi connectivity index (χ3n) is 1.73. The summed E-state index contributed by atoms with van der Waals surface area (Å²) in [6.07, 6.45) is 0.636. The molecule has 0 atom stereocenters. The summed E-state index contributed by atoms with van der Waals surface area (Å²) >= 11 is 1.12. The number of rotatable bonds is 4. The van der Waals surface area contributed by atoms with Gasteiger partial charge in [-0.05, 0) is 27.7 Å². The highest BCUT2D eigenvalue weighted by atomic mass is 32.1. The van der Waals surface area contributed by atoms with E-state index >= 15 is 0 Å². The summed E-state index contributed by atoms with van der Waals surface area (Å²) in [5.74, 6) is -0.427. The average Bonchev–Trinajstić information content (AvgIpc) is 2.73. The highest BCUT2D eigenvalue weighted by Gasteiger charge is 2.18. The van der Waals surface area contributed by atoms with Gasteiger partial charge in [0, 0.05) is 0 Å². The minimum atomic E-state index is -0.764. The molecule has 0 saturated heterocycles. The molecule has 0 bridgehead atoms. The van der Waals surface area contributed by atoms with Crippen LogP contribution in [0.3, 0.4) is 0 Å². The summed E-state index contributed by atoms with van der Waals surface area (Å²) in [7, 11) is 0. The summed E-state index contributed by atoms with van der Waals surface area (Å²) in [6.45, 7) is 7.24. The first-order chi connectivity index (χ1) is 8.81. The highest BCUT2D eigenvalue weighted by Crippen LogP contribution is 2.16. The molecule has 1 aromatic heterocycles. The molecule has 0 N–H and O–H groups in total. The molecule has 19 heavy (non-hydrogen) atoms. The third kappa shape index (κ3) is 5.69. The van der Waals surface area contributed by atoms with Crippen LogP contribution in [-0.2, 0) is 20.8 Å². The number of carbonyl (C=O) groups is 2. The second-order valence-corrected chi connectivity index (χ2v) is 5.71. The lowest BCUT2D eigenvalue weighted by Gasteiger charge is -2.18. The summed E-state index contributed by atoms with van der Waals surface area (Å²) in [6, 6.07) is 0. The molecule has 0 aliphatic carbocycles. The monoisotopic (exact) mass is 287 g/mol.